The van der Waals surface area contributed by atoms with Gasteiger partial charge >= 0.3 is 6.18 Å². The standard InChI is InChI=1S/C9H14F3N3O/c1-13-4-7-5-14-8(15-7)2-3-16-6-9(10,11)12/h5,13H,2-4,6H2,1H3,(H,14,15). The van der Waals surface area contributed by atoms with Crippen molar-refractivity contribution in [1.82, 2.24) is 15.3 Å². The van der Waals surface area contributed by atoms with E-state index < -0.39 is 12.8 Å². The number of aromatic nitrogens is 2. The summed E-state index contributed by atoms with van der Waals surface area (Å²) in [6, 6.07) is 0. The van der Waals surface area contributed by atoms with E-state index in [1.54, 1.807) is 13.2 Å². The number of rotatable bonds is 6. The number of nitrogens with zero attached hydrogens (tertiary/aromatic N) is 1. The third kappa shape index (κ3) is 5.13. The number of imidazole rings is 1. The second kappa shape index (κ2) is 5.86. The molecule has 1 aromatic rings. The van der Waals surface area contributed by atoms with Crippen LogP contribution in [0.5, 0.6) is 0 Å². The molecule has 0 spiro atoms. The van der Waals surface area contributed by atoms with Crippen LogP contribution in [0, 0.1) is 0 Å². The van der Waals surface area contributed by atoms with Gasteiger partial charge in [-0.1, -0.05) is 0 Å². The third-order valence-electron chi connectivity index (χ3n) is 1.80. The average Bonchev–Trinajstić information content (AvgIpc) is 2.60. The van der Waals surface area contributed by atoms with Gasteiger partial charge in [0.05, 0.1) is 6.61 Å². The molecule has 0 aliphatic rings. The zero-order valence-electron chi connectivity index (χ0n) is 8.90. The van der Waals surface area contributed by atoms with Gasteiger partial charge in [-0.15, -0.1) is 0 Å². The van der Waals surface area contributed by atoms with Crippen LogP contribution in [-0.4, -0.2) is 36.4 Å². The summed E-state index contributed by atoms with van der Waals surface area (Å²) < 4.78 is 39.7. The molecule has 0 saturated heterocycles. The van der Waals surface area contributed by atoms with Crippen molar-refractivity contribution in [2.75, 3.05) is 20.3 Å². The quantitative estimate of drug-likeness (QED) is 0.732. The van der Waals surface area contributed by atoms with Crippen molar-refractivity contribution in [3.63, 3.8) is 0 Å². The number of aromatic amines is 1. The van der Waals surface area contributed by atoms with Gasteiger partial charge in [0.2, 0.25) is 0 Å². The lowest BCUT2D eigenvalue weighted by molar-refractivity contribution is -0.173. The minimum absolute atomic E-state index is 0.00597. The molecule has 0 radical (unpaired) electrons. The molecule has 4 nitrogen and oxygen atoms in total. The maximum Gasteiger partial charge on any atom is 0.411 e. The molecule has 0 bridgehead atoms. The number of nitrogens with one attached hydrogen (secondary N) is 2. The smallest absolute Gasteiger partial charge is 0.372 e. The normalized spacial score (nSPS) is 12.0. The fourth-order valence-corrected chi connectivity index (χ4v) is 1.17. The van der Waals surface area contributed by atoms with Gasteiger partial charge < -0.3 is 15.0 Å². The van der Waals surface area contributed by atoms with E-state index in [9.17, 15) is 13.2 Å². The Bertz CT molecular complexity index is 311. The average molecular weight is 237 g/mol. The summed E-state index contributed by atoms with van der Waals surface area (Å²) in [5.74, 6) is 0.632. The highest BCUT2D eigenvalue weighted by Gasteiger charge is 2.27. The molecule has 92 valence electrons. The molecule has 2 N–H and O–H groups in total. The van der Waals surface area contributed by atoms with Crippen molar-refractivity contribution in [3.8, 4) is 0 Å². The Balaban J connectivity index is 2.21. The summed E-state index contributed by atoms with van der Waals surface area (Å²) in [5, 5.41) is 2.93. The molecule has 1 aromatic heterocycles. The lowest BCUT2D eigenvalue weighted by Crippen LogP contribution is -2.18. The molecule has 0 aromatic carbocycles. The second-order valence-corrected chi connectivity index (χ2v) is 3.30. The number of hydrogen-bond donors (Lipinski definition) is 2. The van der Waals surface area contributed by atoms with Crippen LogP contribution in [0.4, 0.5) is 13.2 Å². The second-order valence-electron chi connectivity index (χ2n) is 3.30. The lowest BCUT2D eigenvalue weighted by atomic mass is 10.4. The van der Waals surface area contributed by atoms with Crippen molar-refractivity contribution < 1.29 is 17.9 Å². The van der Waals surface area contributed by atoms with Crippen LogP contribution in [0.1, 0.15) is 11.5 Å². The van der Waals surface area contributed by atoms with Gasteiger partial charge in [0, 0.05) is 24.9 Å². The Labute approximate surface area is 91.2 Å². The first kappa shape index (κ1) is 13.0. The zero-order valence-corrected chi connectivity index (χ0v) is 8.90. The number of alkyl halides is 3. The van der Waals surface area contributed by atoms with E-state index in [1.165, 1.54) is 0 Å². The van der Waals surface area contributed by atoms with Crippen molar-refractivity contribution >= 4 is 0 Å². The molecular weight excluding hydrogens is 223 g/mol. The predicted octanol–water partition coefficient (Wildman–Crippen LogP) is 1.25. The highest BCUT2D eigenvalue weighted by atomic mass is 19.4. The SMILES string of the molecule is CNCc1cnc(CCOCC(F)(F)F)[nH]1. The van der Waals surface area contributed by atoms with Crippen molar-refractivity contribution in [3.05, 3.63) is 17.7 Å². The molecule has 16 heavy (non-hydrogen) atoms. The van der Waals surface area contributed by atoms with E-state index in [4.69, 9.17) is 0 Å². The molecular formula is C9H14F3N3O. The van der Waals surface area contributed by atoms with E-state index in [2.05, 4.69) is 20.0 Å². The van der Waals surface area contributed by atoms with Gasteiger partial charge in [-0.05, 0) is 7.05 Å². The van der Waals surface area contributed by atoms with E-state index in [0.717, 1.165) is 5.69 Å². The van der Waals surface area contributed by atoms with Crippen molar-refractivity contribution in [2.24, 2.45) is 0 Å². The maximum absolute atomic E-state index is 11.7. The monoisotopic (exact) mass is 237 g/mol. The van der Waals surface area contributed by atoms with Gasteiger partial charge in [-0.25, -0.2) is 4.98 Å². The molecule has 0 fully saturated rings. The highest BCUT2D eigenvalue weighted by Crippen LogP contribution is 2.14. The minimum Gasteiger partial charge on any atom is -0.372 e. The Morgan fingerprint density at radius 3 is 2.88 bits per heavy atom. The Morgan fingerprint density at radius 1 is 1.50 bits per heavy atom. The van der Waals surface area contributed by atoms with E-state index in [1.807, 2.05) is 0 Å². The Kier molecular flexibility index (Phi) is 4.75. The highest BCUT2D eigenvalue weighted by molar-refractivity contribution is 5.00. The van der Waals surface area contributed by atoms with E-state index in [0.29, 0.717) is 18.8 Å². The van der Waals surface area contributed by atoms with Gasteiger partial charge in [0.15, 0.2) is 0 Å². The van der Waals surface area contributed by atoms with Crippen LogP contribution in [0.3, 0.4) is 0 Å². The minimum atomic E-state index is -4.26. The first-order valence-electron chi connectivity index (χ1n) is 4.83. The summed E-state index contributed by atoms with van der Waals surface area (Å²) in [6.07, 6.45) is -2.27. The molecule has 0 saturated carbocycles. The third-order valence-corrected chi connectivity index (χ3v) is 1.80. The molecule has 0 unspecified atom stereocenters. The molecule has 0 amide bonds. The van der Waals surface area contributed by atoms with Crippen molar-refractivity contribution in [2.45, 2.75) is 19.1 Å². The number of halogens is 3. The summed E-state index contributed by atoms with van der Waals surface area (Å²) in [5.41, 5.74) is 0.897. The van der Waals surface area contributed by atoms with Crippen LogP contribution >= 0.6 is 0 Å². The van der Waals surface area contributed by atoms with Crippen LogP contribution in [0.2, 0.25) is 0 Å². The number of ether oxygens (including phenoxy) is 1. The van der Waals surface area contributed by atoms with Gasteiger partial charge in [0.1, 0.15) is 12.4 Å². The lowest BCUT2D eigenvalue weighted by Gasteiger charge is -2.06. The summed E-state index contributed by atoms with van der Waals surface area (Å²) in [4.78, 5) is 6.99. The Hall–Kier alpha value is -1.08. The van der Waals surface area contributed by atoms with E-state index in [-0.39, 0.29) is 6.61 Å². The molecule has 1 heterocycles. The Morgan fingerprint density at radius 2 is 2.25 bits per heavy atom. The van der Waals surface area contributed by atoms with Gasteiger partial charge in [-0.2, -0.15) is 13.2 Å². The maximum atomic E-state index is 11.7. The number of H-pyrrole nitrogens is 1. The molecule has 0 aliphatic heterocycles. The summed E-state index contributed by atoms with van der Waals surface area (Å²) in [6.45, 7) is -0.556. The first-order valence-corrected chi connectivity index (χ1v) is 4.83. The van der Waals surface area contributed by atoms with E-state index >= 15 is 0 Å². The topological polar surface area (TPSA) is 49.9 Å². The fraction of sp³-hybridized carbons (Fsp3) is 0.667. The van der Waals surface area contributed by atoms with Crippen LogP contribution in [-0.2, 0) is 17.7 Å². The van der Waals surface area contributed by atoms with Crippen molar-refractivity contribution in [1.29, 1.82) is 0 Å². The first-order chi connectivity index (χ1) is 7.51. The van der Waals surface area contributed by atoms with Crippen LogP contribution < -0.4 is 5.32 Å². The summed E-state index contributed by atoms with van der Waals surface area (Å²) in [7, 11) is 1.80. The van der Waals surface area contributed by atoms with Gasteiger partial charge in [-0.3, -0.25) is 0 Å². The molecule has 7 heteroatoms. The fourth-order valence-electron chi connectivity index (χ4n) is 1.17. The molecule has 1 rings (SSSR count). The zero-order chi connectivity index (χ0) is 12.0. The van der Waals surface area contributed by atoms with Crippen LogP contribution in [0.15, 0.2) is 6.20 Å². The largest absolute Gasteiger partial charge is 0.411 e. The van der Waals surface area contributed by atoms with Gasteiger partial charge in [0.25, 0.3) is 0 Å². The molecule has 0 aliphatic carbocycles. The summed E-state index contributed by atoms with van der Waals surface area (Å²) >= 11 is 0. The van der Waals surface area contributed by atoms with Crippen LogP contribution in [0.25, 0.3) is 0 Å². The number of hydrogen-bond acceptors (Lipinski definition) is 3. The predicted molar refractivity (Wildman–Crippen MR) is 51.9 cm³/mol. The molecule has 0 atom stereocenters.